The van der Waals surface area contributed by atoms with Crippen LogP contribution in [0.4, 0.5) is 4.39 Å². The smallest absolute Gasteiger partial charge is 0.295 e. The summed E-state index contributed by atoms with van der Waals surface area (Å²) in [6.07, 6.45) is 1.43. The number of Topliss-reactive ketones (excluding diaryl/α,β-unsaturated/α-hetero) is 1. The zero-order valence-corrected chi connectivity index (χ0v) is 17.8. The first kappa shape index (κ1) is 21.8. The summed E-state index contributed by atoms with van der Waals surface area (Å²) in [5.74, 6) is -1.48. The Hall–Kier alpha value is -3.39. The average Bonchev–Trinajstić information content (AvgIpc) is 3.41. The fourth-order valence-electron chi connectivity index (χ4n) is 4.22. The Labute approximate surface area is 185 Å². The number of benzene rings is 2. The van der Waals surface area contributed by atoms with Gasteiger partial charge >= 0.3 is 0 Å². The number of hydrogen-bond donors (Lipinski definition) is 1. The van der Waals surface area contributed by atoms with Crippen molar-refractivity contribution < 1.29 is 33.3 Å². The van der Waals surface area contributed by atoms with E-state index >= 15 is 0 Å². The lowest BCUT2D eigenvalue weighted by Crippen LogP contribution is -2.36. The molecule has 2 aromatic carbocycles. The molecule has 2 atom stereocenters. The van der Waals surface area contributed by atoms with Crippen LogP contribution in [0, 0.1) is 5.82 Å². The van der Waals surface area contributed by atoms with Gasteiger partial charge in [-0.15, -0.1) is 0 Å². The number of hydrogen-bond acceptors (Lipinski definition) is 6. The monoisotopic (exact) mass is 441 g/mol. The molecule has 2 aliphatic heterocycles. The van der Waals surface area contributed by atoms with E-state index < -0.39 is 23.5 Å². The summed E-state index contributed by atoms with van der Waals surface area (Å²) in [7, 11) is 2.99. The molecule has 32 heavy (non-hydrogen) atoms. The number of ether oxygens (including phenoxy) is 3. The Balaban J connectivity index is 1.89. The van der Waals surface area contributed by atoms with E-state index in [-0.39, 0.29) is 29.5 Å². The van der Waals surface area contributed by atoms with Crippen molar-refractivity contribution >= 4 is 17.4 Å². The van der Waals surface area contributed by atoms with Gasteiger partial charge in [-0.25, -0.2) is 4.39 Å². The maximum absolute atomic E-state index is 13.4. The summed E-state index contributed by atoms with van der Waals surface area (Å²) in [4.78, 5) is 27.6. The molecule has 0 radical (unpaired) electrons. The van der Waals surface area contributed by atoms with E-state index in [1.54, 1.807) is 18.2 Å². The first-order chi connectivity index (χ1) is 15.4. The molecule has 2 saturated heterocycles. The Morgan fingerprint density at radius 1 is 1.16 bits per heavy atom. The molecule has 0 bridgehead atoms. The van der Waals surface area contributed by atoms with Gasteiger partial charge in [0.2, 0.25) is 0 Å². The van der Waals surface area contributed by atoms with Crippen molar-refractivity contribution in [2.24, 2.45) is 0 Å². The minimum atomic E-state index is -0.922. The van der Waals surface area contributed by atoms with Crippen molar-refractivity contribution in [3.8, 4) is 11.5 Å². The zero-order valence-electron chi connectivity index (χ0n) is 17.8. The minimum Gasteiger partial charge on any atom is -0.507 e. The number of carbonyl (C=O) groups excluding carboxylic acids is 2. The molecule has 168 valence electrons. The molecule has 2 heterocycles. The molecular weight excluding hydrogens is 417 g/mol. The van der Waals surface area contributed by atoms with Gasteiger partial charge < -0.3 is 24.2 Å². The van der Waals surface area contributed by atoms with E-state index in [2.05, 4.69) is 0 Å². The van der Waals surface area contributed by atoms with Crippen LogP contribution in [0.3, 0.4) is 0 Å². The first-order valence-electron chi connectivity index (χ1n) is 10.3. The molecule has 0 spiro atoms. The third-order valence-corrected chi connectivity index (χ3v) is 5.81. The predicted molar refractivity (Wildman–Crippen MR) is 114 cm³/mol. The summed E-state index contributed by atoms with van der Waals surface area (Å²) in [5.41, 5.74) is 0.632. The average molecular weight is 441 g/mol. The van der Waals surface area contributed by atoms with Gasteiger partial charge in [0.05, 0.1) is 31.9 Å². The fraction of sp³-hybridized carbons (Fsp3) is 0.333. The second-order valence-corrected chi connectivity index (χ2v) is 7.70. The normalized spacial score (nSPS) is 22.4. The number of carbonyl (C=O) groups is 2. The van der Waals surface area contributed by atoms with Crippen LogP contribution in [0.5, 0.6) is 11.5 Å². The molecule has 0 aliphatic carbocycles. The van der Waals surface area contributed by atoms with Gasteiger partial charge in [0.25, 0.3) is 11.7 Å². The third-order valence-electron chi connectivity index (χ3n) is 5.81. The first-order valence-corrected chi connectivity index (χ1v) is 10.3. The number of likely N-dealkylation sites (tertiary alicyclic amines) is 1. The Bertz CT molecular complexity index is 1060. The SMILES string of the molecule is COc1ccc(OC)c([C@@H]2C(=C(O)c3ccc(F)cc3)C(=O)C(=O)N2C[C@H]2CCCO2)c1. The predicted octanol–water partition coefficient (Wildman–Crippen LogP) is 3.44. The second-order valence-electron chi connectivity index (χ2n) is 7.70. The molecule has 1 amide bonds. The highest BCUT2D eigenvalue weighted by Gasteiger charge is 2.48. The topological polar surface area (TPSA) is 85.3 Å². The van der Waals surface area contributed by atoms with Gasteiger partial charge in [0.15, 0.2) is 0 Å². The number of ketones is 1. The van der Waals surface area contributed by atoms with E-state index in [9.17, 15) is 19.1 Å². The largest absolute Gasteiger partial charge is 0.507 e. The summed E-state index contributed by atoms with van der Waals surface area (Å²) >= 11 is 0. The molecule has 2 fully saturated rings. The van der Waals surface area contributed by atoms with Crippen LogP contribution < -0.4 is 9.47 Å². The van der Waals surface area contributed by atoms with Crippen LogP contribution in [0.15, 0.2) is 48.0 Å². The lowest BCUT2D eigenvalue weighted by molar-refractivity contribution is -0.140. The standard InChI is InChI=1S/C24H24FNO6/c1-30-16-9-10-19(31-2)18(12-16)21-20(22(27)14-5-7-15(25)8-6-14)23(28)24(29)26(21)13-17-4-3-11-32-17/h5-10,12,17,21,27H,3-4,11,13H2,1-2H3/t17-,21-/m1/s1. The van der Waals surface area contributed by atoms with Crippen LogP contribution in [-0.4, -0.2) is 55.2 Å². The molecule has 2 aromatic rings. The molecule has 0 unspecified atom stereocenters. The van der Waals surface area contributed by atoms with Crippen LogP contribution in [0.1, 0.15) is 30.0 Å². The van der Waals surface area contributed by atoms with Gasteiger partial charge in [-0.05, 0) is 55.3 Å². The number of aliphatic hydroxyl groups is 1. The summed E-state index contributed by atoms with van der Waals surface area (Å²) in [6, 6.07) is 9.21. The maximum Gasteiger partial charge on any atom is 0.295 e. The summed E-state index contributed by atoms with van der Waals surface area (Å²) < 4.78 is 30.0. The molecule has 4 rings (SSSR count). The Morgan fingerprint density at radius 2 is 1.91 bits per heavy atom. The number of methoxy groups -OCH3 is 2. The molecule has 7 nitrogen and oxygen atoms in total. The molecular formula is C24H24FNO6. The van der Waals surface area contributed by atoms with E-state index in [4.69, 9.17) is 14.2 Å². The highest BCUT2D eigenvalue weighted by atomic mass is 19.1. The minimum absolute atomic E-state index is 0.0915. The van der Waals surface area contributed by atoms with Gasteiger partial charge in [-0.3, -0.25) is 9.59 Å². The summed E-state index contributed by atoms with van der Waals surface area (Å²) in [6.45, 7) is 0.785. The van der Waals surface area contributed by atoms with Crippen LogP contribution >= 0.6 is 0 Å². The maximum atomic E-state index is 13.4. The zero-order chi connectivity index (χ0) is 22.8. The lowest BCUT2D eigenvalue weighted by atomic mass is 9.94. The fourth-order valence-corrected chi connectivity index (χ4v) is 4.22. The van der Waals surface area contributed by atoms with E-state index in [1.807, 2.05) is 0 Å². The van der Waals surface area contributed by atoms with Crippen molar-refractivity contribution in [2.75, 3.05) is 27.4 Å². The number of aliphatic hydroxyl groups excluding tert-OH is 1. The van der Waals surface area contributed by atoms with Crippen molar-refractivity contribution in [1.29, 1.82) is 0 Å². The molecule has 0 aromatic heterocycles. The molecule has 2 aliphatic rings. The summed E-state index contributed by atoms with van der Waals surface area (Å²) in [5, 5.41) is 11.1. The number of amides is 1. The quantitative estimate of drug-likeness (QED) is 0.420. The number of rotatable bonds is 6. The Morgan fingerprint density at radius 3 is 2.53 bits per heavy atom. The molecule has 1 N–H and O–H groups in total. The van der Waals surface area contributed by atoms with E-state index in [0.29, 0.717) is 23.7 Å². The van der Waals surface area contributed by atoms with E-state index in [1.165, 1.54) is 43.4 Å². The highest BCUT2D eigenvalue weighted by molar-refractivity contribution is 6.46. The third kappa shape index (κ3) is 3.93. The number of nitrogens with zero attached hydrogens (tertiary/aromatic N) is 1. The van der Waals surface area contributed by atoms with Crippen molar-refractivity contribution in [2.45, 2.75) is 25.0 Å². The van der Waals surface area contributed by atoms with Gasteiger partial charge in [0, 0.05) is 24.3 Å². The van der Waals surface area contributed by atoms with Gasteiger partial charge in [-0.1, -0.05) is 0 Å². The van der Waals surface area contributed by atoms with Crippen LogP contribution in [0.25, 0.3) is 5.76 Å². The lowest BCUT2D eigenvalue weighted by Gasteiger charge is -2.28. The number of halogens is 1. The van der Waals surface area contributed by atoms with Gasteiger partial charge in [0.1, 0.15) is 23.1 Å². The Kier molecular flexibility index (Phi) is 6.14. The van der Waals surface area contributed by atoms with Crippen molar-refractivity contribution in [1.82, 2.24) is 4.90 Å². The van der Waals surface area contributed by atoms with Crippen LogP contribution in [-0.2, 0) is 14.3 Å². The van der Waals surface area contributed by atoms with Crippen LogP contribution in [0.2, 0.25) is 0 Å². The highest BCUT2D eigenvalue weighted by Crippen LogP contribution is 2.44. The molecule has 0 saturated carbocycles. The van der Waals surface area contributed by atoms with Gasteiger partial charge in [-0.2, -0.15) is 0 Å². The van der Waals surface area contributed by atoms with Crippen molar-refractivity contribution in [3.05, 3.63) is 65.0 Å². The van der Waals surface area contributed by atoms with Crippen molar-refractivity contribution in [3.63, 3.8) is 0 Å². The molecule has 8 heteroatoms. The van der Waals surface area contributed by atoms with E-state index in [0.717, 1.165) is 12.8 Å². The second kappa shape index (κ2) is 9.00.